The van der Waals surface area contributed by atoms with Crippen LogP contribution in [0.15, 0.2) is 71.9 Å². The van der Waals surface area contributed by atoms with E-state index in [9.17, 15) is 9.59 Å². The van der Waals surface area contributed by atoms with Crippen LogP contribution in [0.4, 0.5) is 5.69 Å². The Kier molecular flexibility index (Phi) is 6.14. The van der Waals surface area contributed by atoms with Gasteiger partial charge in [0.05, 0.1) is 31.9 Å². The van der Waals surface area contributed by atoms with Crippen molar-refractivity contribution in [1.82, 2.24) is 5.01 Å². The fourth-order valence-corrected chi connectivity index (χ4v) is 6.73. The largest absolute Gasteiger partial charge is 0.469 e. The molecule has 8 nitrogen and oxygen atoms in total. The number of oxime groups is 1. The molecule has 0 aromatic heterocycles. The number of carbonyl (C=O) groups is 2. The molecule has 5 atom stereocenters. The number of carbonyl (C=O) groups excluding carboxylic acids is 2. The van der Waals surface area contributed by atoms with E-state index in [-0.39, 0.29) is 5.92 Å². The molecule has 0 saturated carbocycles. The van der Waals surface area contributed by atoms with E-state index < -0.39 is 36.2 Å². The van der Waals surface area contributed by atoms with Crippen molar-refractivity contribution in [3.05, 3.63) is 100 Å². The molecule has 0 aliphatic carbocycles. The first-order valence-electron chi connectivity index (χ1n) is 13.1. The molecule has 0 unspecified atom stereocenters. The van der Waals surface area contributed by atoms with E-state index in [1.165, 1.54) is 19.8 Å². The topological polar surface area (TPSA) is 80.7 Å². The lowest BCUT2D eigenvalue weighted by molar-refractivity contribution is -0.153. The number of esters is 2. The van der Waals surface area contributed by atoms with Gasteiger partial charge < -0.3 is 14.3 Å². The minimum Gasteiger partial charge on any atom is -0.469 e. The molecule has 3 aliphatic heterocycles. The van der Waals surface area contributed by atoms with Crippen LogP contribution in [0.5, 0.6) is 0 Å². The van der Waals surface area contributed by atoms with Gasteiger partial charge in [-0.1, -0.05) is 65.3 Å². The molecule has 6 rings (SSSR count). The third kappa shape index (κ3) is 3.73. The second kappa shape index (κ2) is 9.54. The highest BCUT2D eigenvalue weighted by atomic mass is 16.7. The number of fused-ring (bicyclic) bond motifs is 6. The van der Waals surface area contributed by atoms with Gasteiger partial charge in [0.1, 0.15) is 11.6 Å². The second-order valence-electron chi connectivity index (χ2n) is 10.4. The summed E-state index contributed by atoms with van der Waals surface area (Å²) in [6, 6.07) is 20.4. The summed E-state index contributed by atoms with van der Waals surface area (Å²) in [6.07, 6.45) is -0.595. The van der Waals surface area contributed by atoms with Crippen molar-refractivity contribution in [3.8, 4) is 0 Å². The molecule has 8 heteroatoms. The lowest BCUT2D eigenvalue weighted by Gasteiger charge is -2.44. The first kappa shape index (κ1) is 25.1. The monoisotopic (exact) mass is 525 g/mol. The Labute approximate surface area is 227 Å². The number of ether oxygens (including phenoxy) is 2. The smallest absolute Gasteiger partial charge is 0.331 e. The molecule has 3 aromatic rings. The van der Waals surface area contributed by atoms with Crippen molar-refractivity contribution < 1.29 is 23.9 Å². The Morgan fingerprint density at radius 1 is 0.846 bits per heavy atom. The predicted molar refractivity (Wildman–Crippen MR) is 146 cm³/mol. The third-order valence-electron chi connectivity index (χ3n) is 8.10. The van der Waals surface area contributed by atoms with E-state index in [0.29, 0.717) is 0 Å². The molecule has 0 spiro atoms. The third-order valence-corrected chi connectivity index (χ3v) is 8.10. The maximum absolute atomic E-state index is 13.4. The van der Waals surface area contributed by atoms with Gasteiger partial charge in [0.2, 0.25) is 6.23 Å². The molecule has 0 radical (unpaired) electrons. The zero-order valence-corrected chi connectivity index (χ0v) is 22.6. The first-order chi connectivity index (χ1) is 18.9. The van der Waals surface area contributed by atoms with Crippen LogP contribution in [-0.4, -0.2) is 49.1 Å². The van der Waals surface area contributed by atoms with Crippen molar-refractivity contribution in [2.75, 3.05) is 19.2 Å². The van der Waals surface area contributed by atoms with Crippen LogP contribution in [0.25, 0.3) is 0 Å². The van der Waals surface area contributed by atoms with Crippen LogP contribution in [0.1, 0.15) is 45.3 Å². The Morgan fingerprint density at radius 3 is 2.10 bits per heavy atom. The van der Waals surface area contributed by atoms with Crippen LogP contribution in [0.2, 0.25) is 0 Å². The maximum Gasteiger partial charge on any atom is 0.331 e. The Hall–Kier alpha value is -4.17. The fourth-order valence-electron chi connectivity index (χ4n) is 6.73. The summed E-state index contributed by atoms with van der Waals surface area (Å²) < 4.78 is 10.5. The van der Waals surface area contributed by atoms with Crippen LogP contribution in [0.3, 0.4) is 0 Å². The average Bonchev–Trinajstić information content (AvgIpc) is 3.52. The van der Waals surface area contributed by atoms with Crippen molar-refractivity contribution in [3.63, 3.8) is 0 Å². The highest BCUT2D eigenvalue weighted by Crippen LogP contribution is 2.55. The molecule has 39 heavy (non-hydrogen) atoms. The number of aryl methyl sites for hydroxylation is 3. The van der Waals surface area contributed by atoms with E-state index in [2.05, 4.69) is 44.1 Å². The molecule has 3 aromatic carbocycles. The standard InChI is InChI=1S/C31H31N3O5/c1-17-15-18(2)23(19(3)16-17)26-24-21-13-9-10-14-22(21)27-25(30(35)37-4)28(31(36)38-5)33(20-11-7-6-8-12-20)34(27)29(24)39-32-26/h6-16,24-25,27-29H,1-5H3/t24-,25-,27-,28-,29+/m0/s1. The lowest BCUT2D eigenvalue weighted by atomic mass is 9.76. The van der Waals surface area contributed by atoms with Crippen LogP contribution in [0, 0.1) is 26.7 Å². The van der Waals surface area contributed by atoms with Crippen molar-refractivity contribution >= 4 is 23.3 Å². The Balaban J connectivity index is 1.59. The van der Waals surface area contributed by atoms with E-state index in [0.717, 1.165) is 39.2 Å². The number of nitrogens with zero attached hydrogens (tertiary/aromatic N) is 3. The molecule has 200 valence electrons. The summed E-state index contributed by atoms with van der Waals surface area (Å²) in [7, 11) is 2.68. The van der Waals surface area contributed by atoms with E-state index in [1.54, 1.807) is 0 Å². The first-order valence-corrected chi connectivity index (χ1v) is 13.1. The number of benzene rings is 3. The SMILES string of the molecule is COC(=O)[C@@H]1[C@@H](C(=O)OC)N(c2ccccc2)N2[C@@H]3ON=C(c4c(C)cc(C)cc4C)[C@@H]3c3ccccc3[C@@H]12. The van der Waals surface area contributed by atoms with E-state index >= 15 is 0 Å². The summed E-state index contributed by atoms with van der Waals surface area (Å²) in [5.41, 5.74) is 8.01. The molecule has 3 aliphatic rings. The fraction of sp³-hybridized carbons (Fsp3) is 0.323. The van der Waals surface area contributed by atoms with Gasteiger partial charge >= 0.3 is 11.9 Å². The number of hydrogen-bond acceptors (Lipinski definition) is 8. The van der Waals surface area contributed by atoms with Crippen molar-refractivity contribution in [1.29, 1.82) is 0 Å². The summed E-state index contributed by atoms with van der Waals surface area (Å²) in [4.78, 5) is 33.1. The van der Waals surface area contributed by atoms with Gasteiger partial charge in [-0.25, -0.2) is 4.79 Å². The summed E-state index contributed by atoms with van der Waals surface area (Å²) in [6.45, 7) is 6.27. The number of hydrogen-bond donors (Lipinski definition) is 0. The zero-order valence-electron chi connectivity index (χ0n) is 22.6. The van der Waals surface area contributed by atoms with Gasteiger partial charge in [0.15, 0.2) is 6.04 Å². The molecule has 0 bridgehead atoms. The van der Waals surface area contributed by atoms with Crippen molar-refractivity contribution in [2.24, 2.45) is 11.1 Å². The molecule has 3 heterocycles. The van der Waals surface area contributed by atoms with Gasteiger partial charge in [-0.15, -0.1) is 0 Å². The quantitative estimate of drug-likeness (QED) is 0.462. The Bertz CT molecular complexity index is 1460. The number of rotatable bonds is 4. The zero-order chi connectivity index (χ0) is 27.4. The summed E-state index contributed by atoms with van der Waals surface area (Å²) in [5, 5.41) is 8.53. The number of methoxy groups -OCH3 is 2. The van der Waals surface area contributed by atoms with Gasteiger partial charge in [0, 0.05) is 5.56 Å². The molecular weight excluding hydrogens is 494 g/mol. The maximum atomic E-state index is 13.4. The second-order valence-corrected chi connectivity index (χ2v) is 10.4. The van der Waals surface area contributed by atoms with Gasteiger partial charge in [-0.05, 0) is 55.2 Å². The minimum absolute atomic E-state index is 0.251. The molecular formula is C31H31N3O5. The van der Waals surface area contributed by atoms with Gasteiger partial charge in [-0.3, -0.25) is 9.80 Å². The molecule has 1 fully saturated rings. The summed E-state index contributed by atoms with van der Waals surface area (Å²) >= 11 is 0. The van der Waals surface area contributed by atoms with Gasteiger partial charge in [0.25, 0.3) is 0 Å². The molecule has 1 saturated heterocycles. The summed E-state index contributed by atoms with van der Waals surface area (Å²) in [5.74, 6) is -2.13. The Morgan fingerprint density at radius 2 is 1.46 bits per heavy atom. The van der Waals surface area contributed by atoms with Gasteiger partial charge in [-0.2, -0.15) is 5.01 Å². The highest BCUT2D eigenvalue weighted by molar-refractivity contribution is 6.08. The normalized spacial score (nSPS) is 25.2. The number of para-hydroxylation sites is 1. The van der Waals surface area contributed by atoms with E-state index in [4.69, 9.17) is 14.3 Å². The van der Waals surface area contributed by atoms with Crippen LogP contribution in [-0.2, 0) is 23.9 Å². The predicted octanol–water partition coefficient (Wildman–Crippen LogP) is 4.58. The van der Waals surface area contributed by atoms with Crippen LogP contribution >= 0.6 is 0 Å². The average molecular weight is 526 g/mol. The lowest BCUT2D eigenvalue weighted by Crippen LogP contribution is -2.54. The molecule has 0 N–H and O–H groups in total. The van der Waals surface area contributed by atoms with Crippen molar-refractivity contribution in [2.45, 2.75) is 45.0 Å². The number of hydrazine groups is 1. The highest BCUT2D eigenvalue weighted by Gasteiger charge is 2.63. The van der Waals surface area contributed by atoms with Crippen LogP contribution < -0.4 is 5.01 Å². The number of anilines is 1. The minimum atomic E-state index is -0.961. The molecule has 0 amide bonds. The van der Waals surface area contributed by atoms with E-state index in [1.807, 2.05) is 58.5 Å².